The number of benzene rings is 1. The molecule has 0 aliphatic heterocycles. The molecule has 1 N–H and O–H groups in total. The van der Waals surface area contributed by atoms with Crippen LogP contribution in [-0.2, 0) is 11.0 Å². The Hall–Kier alpha value is -1.17. The van der Waals surface area contributed by atoms with Crippen molar-refractivity contribution in [3.63, 3.8) is 0 Å². The second kappa shape index (κ2) is 6.13. The fourth-order valence-corrected chi connectivity index (χ4v) is 1.83. The average Bonchev–Trinajstić information content (AvgIpc) is 2.28. The number of hydrogen-bond donors (Lipinski definition) is 1. The van der Waals surface area contributed by atoms with Crippen molar-refractivity contribution in [2.24, 2.45) is 0 Å². The van der Waals surface area contributed by atoms with Gasteiger partial charge in [0.2, 0.25) is 5.91 Å². The highest BCUT2D eigenvalue weighted by Crippen LogP contribution is 2.30. The molecule has 0 fully saturated rings. The molecular weight excluding hydrogens is 263 g/mol. The van der Waals surface area contributed by atoms with Crippen molar-refractivity contribution in [3.8, 4) is 0 Å². The van der Waals surface area contributed by atoms with Gasteiger partial charge in [-0.15, -0.1) is 0 Å². The normalized spacial score (nSPS) is 13.2. The molecular formula is C12H14F3NOS. The van der Waals surface area contributed by atoms with Gasteiger partial charge in [0.1, 0.15) is 0 Å². The Morgan fingerprint density at radius 3 is 2.67 bits per heavy atom. The van der Waals surface area contributed by atoms with Crippen molar-refractivity contribution in [2.75, 3.05) is 12.0 Å². The first-order chi connectivity index (χ1) is 8.34. The summed E-state index contributed by atoms with van der Waals surface area (Å²) in [5.41, 5.74) is -0.259. The summed E-state index contributed by atoms with van der Waals surface area (Å²) in [7, 11) is 0. The average molecular weight is 277 g/mol. The summed E-state index contributed by atoms with van der Waals surface area (Å²) in [5, 5.41) is 2.65. The summed E-state index contributed by atoms with van der Waals surface area (Å²) in [6.07, 6.45) is -2.58. The van der Waals surface area contributed by atoms with E-state index in [1.807, 2.05) is 0 Å². The molecule has 0 heterocycles. The minimum atomic E-state index is -4.36. The Morgan fingerprint density at radius 1 is 1.44 bits per heavy atom. The maximum absolute atomic E-state index is 12.5. The van der Waals surface area contributed by atoms with Crippen LogP contribution in [0, 0.1) is 0 Å². The van der Waals surface area contributed by atoms with Gasteiger partial charge in [0.15, 0.2) is 0 Å². The fourth-order valence-electron chi connectivity index (χ4n) is 1.48. The van der Waals surface area contributed by atoms with Crippen LogP contribution in [0.2, 0.25) is 0 Å². The number of carbonyl (C=O) groups is 1. The summed E-state index contributed by atoms with van der Waals surface area (Å²) in [5.74, 6) is 0.107. The smallest absolute Gasteiger partial charge is 0.349 e. The summed E-state index contributed by atoms with van der Waals surface area (Å²) in [4.78, 5) is 11.4. The van der Waals surface area contributed by atoms with Crippen LogP contribution in [0.4, 0.5) is 13.2 Å². The topological polar surface area (TPSA) is 29.1 Å². The van der Waals surface area contributed by atoms with Crippen molar-refractivity contribution in [1.29, 1.82) is 0 Å². The van der Waals surface area contributed by atoms with Crippen LogP contribution in [0.15, 0.2) is 24.3 Å². The zero-order chi connectivity index (χ0) is 13.8. The molecule has 0 bridgehead atoms. The molecule has 0 radical (unpaired) electrons. The third kappa shape index (κ3) is 4.25. The third-order valence-electron chi connectivity index (χ3n) is 2.37. The molecule has 0 saturated carbocycles. The molecule has 1 amide bonds. The van der Waals surface area contributed by atoms with Gasteiger partial charge >= 0.3 is 6.18 Å². The lowest BCUT2D eigenvalue weighted by Gasteiger charge is -2.16. The van der Waals surface area contributed by atoms with Crippen LogP contribution in [-0.4, -0.2) is 17.9 Å². The summed E-state index contributed by atoms with van der Waals surface area (Å²) < 4.78 is 37.6. The minimum absolute atomic E-state index is 0.188. The number of halogens is 3. The van der Waals surface area contributed by atoms with E-state index in [4.69, 9.17) is 0 Å². The monoisotopic (exact) mass is 277 g/mol. The van der Waals surface area contributed by atoms with Crippen LogP contribution < -0.4 is 5.32 Å². The van der Waals surface area contributed by atoms with E-state index in [9.17, 15) is 18.0 Å². The maximum Gasteiger partial charge on any atom is 0.416 e. The Morgan fingerprint density at radius 2 is 2.11 bits per heavy atom. The fraction of sp³-hybridized carbons (Fsp3) is 0.417. The molecule has 18 heavy (non-hydrogen) atoms. The quantitative estimate of drug-likeness (QED) is 0.915. The van der Waals surface area contributed by atoms with Crippen molar-refractivity contribution >= 4 is 17.7 Å². The lowest BCUT2D eigenvalue weighted by molar-refractivity contribution is -0.137. The number of rotatable bonds is 4. The highest BCUT2D eigenvalue weighted by molar-refractivity contribution is 7.99. The Kier molecular flexibility index (Phi) is 5.07. The molecule has 1 rings (SSSR count). The highest BCUT2D eigenvalue weighted by Gasteiger charge is 2.30. The van der Waals surface area contributed by atoms with Crippen LogP contribution in [0.25, 0.3) is 0 Å². The lowest BCUT2D eigenvalue weighted by Crippen LogP contribution is -2.28. The predicted octanol–water partition coefficient (Wildman–Crippen LogP) is 3.25. The highest BCUT2D eigenvalue weighted by atomic mass is 32.2. The molecule has 100 valence electrons. The van der Waals surface area contributed by atoms with Crippen molar-refractivity contribution < 1.29 is 18.0 Å². The van der Waals surface area contributed by atoms with Crippen LogP contribution in [0.1, 0.15) is 24.1 Å². The van der Waals surface area contributed by atoms with Crippen molar-refractivity contribution in [1.82, 2.24) is 5.32 Å². The molecule has 1 aromatic carbocycles. The van der Waals surface area contributed by atoms with Gasteiger partial charge in [0.05, 0.1) is 17.4 Å². The van der Waals surface area contributed by atoms with Crippen LogP contribution in [0.5, 0.6) is 0 Å². The Balaban J connectivity index is 2.80. The number of amides is 1. The number of nitrogens with one attached hydrogen (secondary N) is 1. The van der Waals surface area contributed by atoms with E-state index in [0.717, 1.165) is 12.1 Å². The van der Waals surface area contributed by atoms with E-state index in [1.165, 1.54) is 17.8 Å². The SMILES string of the molecule is CSCC(=O)NC(C)c1cccc(C(F)(F)F)c1. The van der Waals surface area contributed by atoms with E-state index in [0.29, 0.717) is 11.3 Å². The van der Waals surface area contributed by atoms with Gasteiger partial charge in [-0.05, 0) is 30.9 Å². The van der Waals surface area contributed by atoms with Gasteiger partial charge in [-0.2, -0.15) is 24.9 Å². The summed E-state index contributed by atoms with van der Waals surface area (Å²) in [6, 6.07) is 4.55. The number of hydrogen-bond acceptors (Lipinski definition) is 2. The second-order valence-corrected chi connectivity index (χ2v) is 4.71. The van der Waals surface area contributed by atoms with Gasteiger partial charge in [-0.3, -0.25) is 4.79 Å². The first-order valence-electron chi connectivity index (χ1n) is 5.30. The molecule has 0 spiro atoms. The first kappa shape index (κ1) is 14.9. The molecule has 0 aliphatic carbocycles. The van der Waals surface area contributed by atoms with E-state index in [2.05, 4.69) is 5.32 Å². The van der Waals surface area contributed by atoms with Gasteiger partial charge in [0.25, 0.3) is 0 Å². The Bertz CT molecular complexity index is 420. The molecule has 1 aromatic rings. The molecule has 1 unspecified atom stereocenters. The second-order valence-electron chi connectivity index (χ2n) is 3.85. The molecule has 6 heteroatoms. The van der Waals surface area contributed by atoms with E-state index >= 15 is 0 Å². The predicted molar refractivity (Wildman–Crippen MR) is 66.4 cm³/mol. The van der Waals surface area contributed by atoms with Gasteiger partial charge in [-0.25, -0.2) is 0 Å². The molecule has 0 aromatic heterocycles. The zero-order valence-electron chi connectivity index (χ0n) is 10.0. The number of carbonyl (C=O) groups excluding carboxylic acids is 1. The van der Waals surface area contributed by atoms with Crippen molar-refractivity contribution in [3.05, 3.63) is 35.4 Å². The van der Waals surface area contributed by atoms with E-state index in [-0.39, 0.29) is 5.91 Å². The number of alkyl halides is 3. The number of thioether (sulfide) groups is 1. The van der Waals surface area contributed by atoms with Gasteiger partial charge in [-0.1, -0.05) is 12.1 Å². The van der Waals surface area contributed by atoms with Gasteiger partial charge in [0, 0.05) is 0 Å². The van der Waals surface area contributed by atoms with Crippen molar-refractivity contribution in [2.45, 2.75) is 19.1 Å². The first-order valence-corrected chi connectivity index (χ1v) is 6.69. The molecule has 2 nitrogen and oxygen atoms in total. The van der Waals surface area contributed by atoms with Crippen LogP contribution >= 0.6 is 11.8 Å². The largest absolute Gasteiger partial charge is 0.416 e. The summed E-state index contributed by atoms with van der Waals surface area (Å²) in [6.45, 7) is 1.66. The third-order valence-corrected chi connectivity index (χ3v) is 2.92. The standard InChI is InChI=1S/C12H14F3NOS/c1-8(16-11(17)7-18-2)9-4-3-5-10(6-9)12(13,14)15/h3-6,8H,7H2,1-2H3,(H,16,17). The van der Waals surface area contributed by atoms with E-state index in [1.54, 1.807) is 19.2 Å². The van der Waals surface area contributed by atoms with Gasteiger partial charge < -0.3 is 5.32 Å². The maximum atomic E-state index is 12.5. The lowest BCUT2D eigenvalue weighted by atomic mass is 10.0. The molecule has 1 atom stereocenters. The summed E-state index contributed by atoms with van der Waals surface area (Å²) >= 11 is 1.36. The van der Waals surface area contributed by atoms with Crippen LogP contribution in [0.3, 0.4) is 0 Å². The minimum Gasteiger partial charge on any atom is -0.349 e. The zero-order valence-corrected chi connectivity index (χ0v) is 10.9. The van der Waals surface area contributed by atoms with E-state index < -0.39 is 17.8 Å². The molecule has 0 saturated heterocycles. The molecule has 0 aliphatic rings. The Labute approximate surface area is 108 Å².